The Balaban J connectivity index is 1.92. The minimum atomic E-state index is -0.714. The van der Waals surface area contributed by atoms with Crippen LogP contribution in [-0.2, 0) is 11.2 Å². The number of aliphatic hydroxyl groups is 1. The summed E-state index contributed by atoms with van der Waals surface area (Å²) in [6.07, 6.45) is 2.86. The highest BCUT2D eigenvalue weighted by atomic mass is 79.9. The minimum absolute atomic E-state index is 0.358. The Kier molecular flexibility index (Phi) is 5.01. The lowest BCUT2D eigenvalue weighted by atomic mass is 10.0. The van der Waals surface area contributed by atoms with Crippen LogP contribution < -0.4 is 5.32 Å². The maximum Gasteiger partial charge on any atom is 0.0765 e. The van der Waals surface area contributed by atoms with E-state index in [-0.39, 0.29) is 0 Å². The summed E-state index contributed by atoms with van der Waals surface area (Å²) in [5, 5.41) is 13.7. The predicted molar refractivity (Wildman–Crippen MR) is 80.3 cm³/mol. The number of ether oxygens (including phenoxy) is 1. The third-order valence-corrected chi connectivity index (χ3v) is 4.25. The van der Waals surface area contributed by atoms with Gasteiger partial charge in [0.15, 0.2) is 0 Å². The molecule has 1 aliphatic carbocycles. The number of hydrogen-bond acceptors (Lipinski definition) is 3. The van der Waals surface area contributed by atoms with Crippen molar-refractivity contribution in [2.24, 2.45) is 0 Å². The van der Waals surface area contributed by atoms with E-state index in [4.69, 9.17) is 4.74 Å². The maximum absolute atomic E-state index is 10.2. The van der Waals surface area contributed by atoms with E-state index in [1.807, 2.05) is 6.92 Å². The zero-order valence-electron chi connectivity index (χ0n) is 11.6. The maximum atomic E-state index is 10.2. The van der Waals surface area contributed by atoms with Gasteiger partial charge in [-0.1, -0.05) is 22.0 Å². The first-order chi connectivity index (χ1) is 9.02. The molecule has 19 heavy (non-hydrogen) atoms. The molecule has 1 aliphatic rings. The molecule has 0 heterocycles. The summed E-state index contributed by atoms with van der Waals surface area (Å²) in [7, 11) is 1.66. The first-order valence-corrected chi connectivity index (χ1v) is 7.54. The molecule has 2 atom stereocenters. The average molecular weight is 328 g/mol. The van der Waals surface area contributed by atoms with Crippen molar-refractivity contribution >= 4 is 15.9 Å². The van der Waals surface area contributed by atoms with E-state index in [1.54, 1.807) is 7.11 Å². The van der Waals surface area contributed by atoms with E-state index < -0.39 is 5.60 Å². The van der Waals surface area contributed by atoms with E-state index in [0.29, 0.717) is 25.6 Å². The summed E-state index contributed by atoms with van der Waals surface area (Å²) in [5.74, 6) is 0. The number of rotatable bonds is 6. The highest BCUT2D eigenvalue weighted by molar-refractivity contribution is 9.10. The monoisotopic (exact) mass is 327 g/mol. The van der Waals surface area contributed by atoms with E-state index in [9.17, 15) is 5.11 Å². The van der Waals surface area contributed by atoms with Gasteiger partial charge in [0.05, 0.1) is 5.60 Å². The average Bonchev–Trinajstić information content (AvgIpc) is 2.76. The van der Waals surface area contributed by atoms with Gasteiger partial charge < -0.3 is 15.2 Å². The van der Waals surface area contributed by atoms with Gasteiger partial charge in [-0.15, -0.1) is 0 Å². The number of aryl methyl sites for hydroxylation is 1. The quantitative estimate of drug-likeness (QED) is 0.844. The SMILES string of the molecule is COCCC(C)(O)CNC1CCc2cc(Br)ccc21. The molecule has 2 rings (SSSR count). The van der Waals surface area contributed by atoms with Gasteiger partial charge >= 0.3 is 0 Å². The highest BCUT2D eigenvalue weighted by Gasteiger charge is 2.26. The number of methoxy groups -OCH3 is 1. The van der Waals surface area contributed by atoms with Crippen molar-refractivity contribution in [3.8, 4) is 0 Å². The van der Waals surface area contributed by atoms with Crippen LogP contribution in [0.5, 0.6) is 0 Å². The third-order valence-electron chi connectivity index (χ3n) is 3.76. The van der Waals surface area contributed by atoms with Crippen molar-refractivity contribution < 1.29 is 9.84 Å². The molecule has 0 fully saturated rings. The second-order valence-electron chi connectivity index (χ2n) is 5.56. The summed E-state index contributed by atoms with van der Waals surface area (Å²) in [4.78, 5) is 0. The summed E-state index contributed by atoms with van der Waals surface area (Å²) in [5.41, 5.74) is 2.06. The topological polar surface area (TPSA) is 41.5 Å². The van der Waals surface area contributed by atoms with E-state index >= 15 is 0 Å². The van der Waals surface area contributed by atoms with Crippen molar-refractivity contribution in [3.05, 3.63) is 33.8 Å². The van der Waals surface area contributed by atoms with Crippen LogP contribution in [-0.4, -0.2) is 31.0 Å². The molecule has 0 aromatic heterocycles. The fraction of sp³-hybridized carbons (Fsp3) is 0.600. The Hall–Kier alpha value is -0.420. The number of nitrogens with one attached hydrogen (secondary N) is 1. The third kappa shape index (κ3) is 4.02. The van der Waals surface area contributed by atoms with Crippen LogP contribution in [0, 0.1) is 0 Å². The molecule has 0 saturated heterocycles. The molecular formula is C15H22BrNO2. The fourth-order valence-electron chi connectivity index (χ4n) is 2.55. The largest absolute Gasteiger partial charge is 0.389 e. The lowest BCUT2D eigenvalue weighted by molar-refractivity contribution is 0.0227. The van der Waals surface area contributed by atoms with Gasteiger partial charge in [0.1, 0.15) is 0 Å². The van der Waals surface area contributed by atoms with Crippen LogP contribution in [0.3, 0.4) is 0 Å². The van der Waals surface area contributed by atoms with Crippen LogP contribution in [0.1, 0.15) is 36.9 Å². The van der Waals surface area contributed by atoms with E-state index in [0.717, 1.165) is 17.3 Å². The molecule has 1 aromatic rings. The van der Waals surface area contributed by atoms with Gasteiger partial charge in [0.2, 0.25) is 0 Å². The van der Waals surface area contributed by atoms with Crippen molar-refractivity contribution in [3.63, 3.8) is 0 Å². The lowest BCUT2D eigenvalue weighted by Gasteiger charge is -2.26. The van der Waals surface area contributed by atoms with Crippen LogP contribution in [0.15, 0.2) is 22.7 Å². The molecule has 4 heteroatoms. The van der Waals surface area contributed by atoms with E-state index in [1.165, 1.54) is 11.1 Å². The molecule has 0 amide bonds. The van der Waals surface area contributed by atoms with E-state index in [2.05, 4.69) is 39.4 Å². The first kappa shape index (κ1) is 15.0. The molecule has 1 aromatic carbocycles. The van der Waals surface area contributed by atoms with Crippen molar-refractivity contribution in [1.82, 2.24) is 5.32 Å². The molecule has 106 valence electrons. The van der Waals surface area contributed by atoms with Gasteiger partial charge in [0, 0.05) is 37.2 Å². The molecular weight excluding hydrogens is 306 g/mol. The lowest BCUT2D eigenvalue weighted by Crippen LogP contribution is -2.39. The highest BCUT2D eigenvalue weighted by Crippen LogP contribution is 2.33. The molecule has 0 spiro atoms. The number of halogens is 1. The molecule has 3 nitrogen and oxygen atoms in total. The Morgan fingerprint density at radius 3 is 3.05 bits per heavy atom. The molecule has 0 saturated carbocycles. The summed E-state index contributed by atoms with van der Waals surface area (Å²) in [6.45, 7) is 3.04. The van der Waals surface area contributed by atoms with Gasteiger partial charge in [0.25, 0.3) is 0 Å². The summed E-state index contributed by atoms with van der Waals surface area (Å²) < 4.78 is 6.16. The molecule has 0 aliphatic heterocycles. The Labute approximate surface area is 123 Å². The molecule has 0 radical (unpaired) electrons. The Bertz CT molecular complexity index is 434. The molecule has 2 N–H and O–H groups in total. The molecule has 0 bridgehead atoms. The second kappa shape index (κ2) is 6.35. The molecule has 2 unspecified atom stereocenters. The summed E-state index contributed by atoms with van der Waals surface area (Å²) >= 11 is 3.51. The van der Waals surface area contributed by atoms with Crippen LogP contribution in [0.2, 0.25) is 0 Å². The number of hydrogen-bond donors (Lipinski definition) is 2. The van der Waals surface area contributed by atoms with Crippen molar-refractivity contribution in [1.29, 1.82) is 0 Å². The zero-order chi connectivity index (χ0) is 13.9. The van der Waals surface area contributed by atoms with Crippen molar-refractivity contribution in [2.75, 3.05) is 20.3 Å². The smallest absolute Gasteiger partial charge is 0.0765 e. The van der Waals surface area contributed by atoms with Crippen molar-refractivity contribution in [2.45, 2.75) is 37.8 Å². The fourth-order valence-corrected chi connectivity index (χ4v) is 2.96. The predicted octanol–water partition coefficient (Wildman–Crippen LogP) is 2.81. The van der Waals surface area contributed by atoms with Gasteiger partial charge in [-0.25, -0.2) is 0 Å². The van der Waals surface area contributed by atoms with Crippen LogP contribution in [0.4, 0.5) is 0 Å². The van der Waals surface area contributed by atoms with Gasteiger partial charge in [-0.3, -0.25) is 0 Å². The Morgan fingerprint density at radius 2 is 2.32 bits per heavy atom. The standard InChI is InChI=1S/C15H22BrNO2/c1-15(18,7-8-19-2)10-17-14-6-3-11-9-12(16)4-5-13(11)14/h4-5,9,14,17-18H,3,6-8,10H2,1-2H3. The van der Waals surface area contributed by atoms with Gasteiger partial charge in [-0.2, -0.15) is 0 Å². The first-order valence-electron chi connectivity index (χ1n) is 6.75. The summed E-state index contributed by atoms with van der Waals surface area (Å²) in [6, 6.07) is 6.81. The number of benzene rings is 1. The van der Waals surface area contributed by atoms with Crippen LogP contribution >= 0.6 is 15.9 Å². The number of fused-ring (bicyclic) bond motifs is 1. The zero-order valence-corrected chi connectivity index (χ0v) is 13.2. The van der Waals surface area contributed by atoms with Gasteiger partial charge in [-0.05, 0) is 43.0 Å². The second-order valence-corrected chi connectivity index (χ2v) is 6.47. The normalized spacial score (nSPS) is 21.2. The van der Waals surface area contributed by atoms with Crippen LogP contribution in [0.25, 0.3) is 0 Å². The minimum Gasteiger partial charge on any atom is -0.389 e. The Morgan fingerprint density at radius 1 is 1.53 bits per heavy atom.